The summed E-state index contributed by atoms with van der Waals surface area (Å²) >= 11 is 1.92. The third kappa shape index (κ3) is 2.64. The van der Waals surface area contributed by atoms with Gasteiger partial charge in [0.15, 0.2) is 0 Å². The highest BCUT2D eigenvalue weighted by molar-refractivity contribution is 8.00. The van der Waals surface area contributed by atoms with Gasteiger partial charge in [0.25, 0.3) is 0 Å². The first-order chi connectivity index (χ1) is 4.93. The summed E-state index contributed by atoms with van der Waals surface area (Å²) in [6.07, 6.45) is 3.84. The molecule has 0 aromatic rings. The lowest BCUT2D eigenvalue weighted by atomic mass is 10.2. The summed E-state index contributed by atoms with van der Waals surface area (Å²) in [5.41, 5.74) is 0. The zero-order valence-electron chi connectivity index (χ0n) is 5.97. The van der Waals surface area contributed by atoms with Gasteiger partial charge in [-0.05, 0) is 18.6 Å². The Kier molecular flexibility index (Phi) is 3.71. The van der Waals surface area contributed by atoms with Crippen molar-refractivity contribution in [1.29, 1.82) is 0 Å². The topological polar surface area (TPSA) is 20.2 Å². The quantitative estimate of drug-likeness (QED) is 0.533. The number of hydrogen-bond acceptors (Lipinski definition) is 2. The number of aliphatic hydroxyl groups excluding tert-OH is 1. The molecule has 1 heterocycles. The molecule has 0 radical (unpaired) electrons. The molecule has 2 heteroatoms. The lowest BCUT2D eigenvalue weighted by molar-refractivity contribution is 0.350. The summed E-state index contributed by atoms with van der Waals surface area (Å²) in [5.74, 6) is 6.98. The molecule has 1 saturated heterocycles. The minimum absolute atomic E-state index is 0.0110. The largest absolute Gasteiger partial charge is 0.384 e. The van der Waals surface area contributed by atoms with Crippen molar-refractivity contribution in [3.63, 3.8) is 0 Å². The molecule has 10 heavy (non-hydrogen) atoms. The fourth-order valence-electron chi connectivity index (χ4n) is 1.01. The summed E-state index contributed by atoms with van der Waals surface area (Å²) < 4.78 is 0. The van der Waals surface area contributed by atoms with E-state index in [2.05, 4.69) is 11.8 Å². The van der Waals surface area contributed by atoms with Crippen LogP contribution in [0, 0.1) is 11.8 Å². The smallest absolute Gasteiger partial charge is 0.104 e. The first kappa shape index (κ1) is 7.97. The Balaban J connectivity index is 2.25. The van der Waals surface area contributed by atoms with Gasteiger partial charge in [0.1, 0.15) is 6.61 Å². The van der Waals surface area contributed by atoms with E-state index in [1.807, 2.05) is 11.8 Å². The van der Waals surface area contributed by atoms with E-state index in [1.54, 1.807) is 0 Å². The molecular formula is C8H12OS. The van der Waals surface area contributed by atoms with Crippen LogP contribution in [0.2, 0.25) is 0 Å². The summed E-state index contributed by atoms with van der Waals surface area (Å²) in [6.45, 7) is 0.0110. The van der Waals surface area contributed by atoms with E-state index in [1.165, 1.54) is 25.0 Å². The van der Waals surface area contributed by atoms with E-state index >= 15 is 0 Å². The molecule has 0 amide bonds. The Hall–Kier alpha value is -0.130. The molecule has 1 aliphatic heterocycles. The molecule has 1 fully saturated rings. The summed E-state index contributed by atoms with van der Waals surface area (Å²) in [4.78, 5) is 0. The fourth-order valence-corrected chi connectivity index (χ4v) is 2.17. The highest BCUT2D eigenvalue weighted by Gasteiger charge is 2.09. The lowest BCUT2D eigenvalue weighted by Crippen LogP contribution is -2.06. The molecule has 0 aliphatic carbocycles. The van der Waals surface area contributed by atoms with Crippen molar-refractivity contribution in [2.24, 2.45) is 0 Å². The predicted molar refractivity (Wildman–Crippen MR) is 45.0 cm³/mol. The summed E-state index contributed by atoms with van der Waals surface area (Å²) in [5, 5.41) is 8.91. The van der Waals surface area contributed by atoms with E-state index in [0.717, 1.165) is 0 Å². The van der Waals surface area contributed by atoms with Crippen molar-refractivity contribution in [3.8, 4) is 11.8 Å². The molecule has 1 nitrogen and oxygen atoms in total. The Labute approximate surface area is 66.2 Å². The number of hydrogen-bond donors (Lipinski definition) is 1. The second kappa shape index (κ2) is 4.65. The standard InChI is InChI=1S/C8H12OS/c9-6-3-5-8-4-1-2-7-10-8/h8-9H,1-2,4,6-7H2. The number of aliphatic hydroxyl groups is 1. The van der Waals surface area contributed by atoms with E-state index < -0.39 is 0 Å². The highest BCUT2D eigenvalue weighted by atomic mass is 32.2. The maximum atomic E-state index is 8.41. The fraction of sp³-hybridized carbons (Fsp3) is 0.750. The molecule has 1 rings (SSSR count). The zero-order valence-corrected chi connectivity index (χ0v) is 6.78. The minimum atomic E-state index is 0.0110. The summed E-state index contributed by atoms with van der Waals surface area (Å²) in [7, 11) is 0. The van der Waals surface area contributed by atoms with Gasteiger partial charge < -0.3 is 5.11 Å². The molecule has 1 atom stereocenters. The predicted octanol–water partition coefficient (Wildman–Crippen LogP) is 1.27. The SMILES string of the molecule is OCC#CC1CCCCS1. The number of rotatable bonds is 0. The van der Waals surface area contributed by atoms with Crippen LogP contribution in [-0.4, -0.2) is 22.7 Å². The van der Waals surface area contributed by atoms with Gasteiger partial charge in [-0.15, -0.1) is 11.8 Å². The average molecular weight is 156 g/mol. The minimum Gasteiger partial charge on any atom is -0.384 e. The van der Waals surface area contributed by atoms with Crippen LogP contribution in [0.1, 0.15) is 19.3 Å². The van der Waals surface area contributed by atoms with Crippen molar-refractivity contribution >= 4 is 11.8 Å². The van der Waals surface area contributed by atoms with Crippen molar-refractivity contribution in [1.82, 2.24) is 0 Å². The zero-order chi connectivity index (χ0) is 7.23. The molecule has 1 N–H and O–H groups in total. The van der Waals surface area contributed by atoms with E-state index in [0.29, 0.717) is 5.25 Å². The van der Waals surface area contributed by atoms with Crippen LogP contribution >= 0.6 is 11.8 Å². The Morgan fingerprint density at radius 1 is 1.50 bits per heavy atom. The van der Waals surface area contributed by atoms with Gasteiger partial charge in [0.2, 0.25) is 0 Å². The normalized spacial score (nSPS) is 25.1. The van der Waals surface area contributed by atoms with Crippen LogP contribution in [0.3, 0.4) is 0 Å². The third-order valence-electron chi connectivity index (χ3n) is 1.52. The first-order valence-corrected chi connectivity index (χ1v) is 4.69. The van der Waals surface area contributed by atoms with Crippen molar-refractivity contribution < 1.29 is 5.11 Å². The Morgan fingerprint density at radius 2 is 2.40 bits per heavy atom. The van der Waals surface area contributed by atoms with Crippen LogP contribution < -0.4 is 0 Å². The van der Waals surface area contributed by atoms with E-state index in [9.17, 15) is 0 Å². The second-order valence-electron chi connectivity index (χ2n) is 2.33. The van der Waals surface area contributed by atoms with Gasteiger partial charge in [-0.25, -0.2) is 0 Å². The van der Waals surface area contributed by atoms with Gasteiger partial charge in [0.05, 0.1) is 5.25 Å². The van der Waals surface area contributed by atoms with Crippen LogP contribution in [0.4, 0.5) is 0 Å². The molecule has 1 unspecified atom stereocenters. The lowest BCUT2D eigenvalue weighted by Gasteiger charge is -2.15. The van der Waals surface area contributed by atoms with Crippen molar-refractivity contribution in [3.05, 3.63) is 0 Å². The van der Waals surface area contributed by atoms with Crippen molar-refractivity contribution in [2.45, 2.75) is 24.5 Å². The molecule has 0 aromatic carbocycles. The van der Waals surface area contributed by atoms with Crippen LogP contribution in [0.5, 0.6) is 0 Å². The van der Waals surface area contributed by atoms with E-state index in [-0.39, 0.29) is 6.61 Å². The monoisotopic (exact) mass is 156 g/mol. The molecule has 0 saturated carbocycles. The number of thioether (sulfide) groups is 1. The van der Waals surface area contributed by atoms with Gasteiger partial charge in [-0.3, -0.25) is 0 Å². The summed E-state index contributed by atoms with van der Waals surface area (Å²) in [6, 6.07) is 0. The molecule has 56 valence electrons. The molecule has 0 bridgehead atoms. The van der Waals surface area contributed by atoms with E-state index in [4.69, 9.17) is 5.11 Å². The molecule has 0 aromatic heterocycles. The average Bonchev–Trinajstić information content (AvgIpc) is 2.03. The first-order valence-electron chi connectivity index (χ1n) is 3.64. The van der Waals surface area contributed by atoms with Gasteiger partial charge in [-0.2, -0.15) is 0 Å². The van der Waals surface area contributed by atoms with Crippen LogP contribution in [-0.2, 0) is 0 Å². The third-order valence-corrected chi connectivity index (χ3v) is 2.80. The maximum Gasteiger partial charge on any atom is 0.104 e. The second-order valence-corrected chi connectivity index (χ2v) is 3.65. The van der Waals surface area contributed by atoms with Crippen LogP contribution in [0.15, 0.2) is 0 Å². The van der Waals surface area contributed by atoms with Gasteiger partial charge >= 0.3 is 0 Å². The molecular weight excluding hydrogens is 144 g/mol. The highest BCUT2D eigenvalue weighted by Crippen LogP contribution is 2.23. The Bertz CT molecular complexity index is 139. The van der Waals surface area contributed by atoms with Crippen LogP contribution in [0.25, 0.3) is 0 Å². The van der Waals surface area contributed by atoms with Gasteiger partial charge in [0, 0.05) is 0 Å². The maximum absolute atomic E-state index is 8.41. The molecule has 1 aliphatic rings. The Morgan fingerprint density at radius 3 is 3.00 bits per heavy atom. The molecule has 0 spiro atoms. The van der Waals surface area contributed by atoms with Gasteiger partial charge in [-0.1, -0.05) is 18.3 Å². The van der Waals surface area contributed by atoms with Crippen molar-refractivity contribution in [2.75, 3.05) is 12.4 Å².